The van der Waals surface area contributed by atoms with E-state index in [0.29, 0.717) is 0 Å². The van der Waals surface area contributed by atoms with E-state index in [9.17, 15) is 9.18 Å². The maximum absolute atomic E-state index is 12.7. The Labute approximate surface area is 108 Å². The molecule has 0 radical (unpaired) electrons. The predicted molar refractivity (Wildman–Crippen MR) is 62.6 cm³/mol. The molecule has 100 valence electrons. The van der Waals surface area contributed by atoms with Crippen molar-refractivity contribution in [2.75, 3.05) is 7.11 Å². The summed E-state index contributed by atoms with van der Waals surface area (Å²) in [5.74, 6) is -0.614. The van der Waals surface area contributed by atoms with E-state index in [1.165, 1.54) is 19.2 Å². The highest BCUT2D eigenvalue weighted by atomic mass is 19.1. The van der Waals surface area contributed by atoms with Crippen LogP contribution in [0, 0.1) is 5.82 Å². The van der Waals surface area contributed by atoms with Crippen molar-refractivity contribution >= 4 is 5.91 Å². The van der Waals surface area contributed by atoms with E-state index in [2.05, 4.69) is 15.5 Å². The molecule has 0 aliphatic carbocycles. The Morgan fingerprint density at radius 1 is 1.42 bits per heavy atom. The zero-order valence-corrected chi connectivity index (χ0v) is 10.2. The Balaban J connectivity index is 1.91. The molecular formula is C12H12FN3O3. The van der Waals surface area contributed by atoms with Crippen molar-refractivity contribution in [3.05, 3.63) is 47.4 Å². The standard InChI is InChI=1S/C12H12FN3O3/c1-18-7-10-15-11(16-19-10)12(17)14-6-8-2-4-9(13)5-3-8/h2-5H,6-7H2,1H3,(H,14,17). The van der Waals surface area contributed by atoms with Gasteiger partial charge in [-0.05, 0) is 17.7 Å². The number of carbonyl (C=O) groups excluding carboxylic acids is 1. The van der Waals surface area contributed by atoms with Crippen LogP contribution in [0.15, 0.2) is 28.8 Å². The Hall–Kier alpha value is -2.28. The number of hydrogen-bond acceptors (Lipinski definition) is 5. The van der Waals surface area contributed by atoms with Gasteiger partial charge in [0.15, 0.2) is 0 Å². The fourth-order valence-corrected chi connectivity index (χ4v) is 1.39. The van der Waals surface area contributed by atoms with Crippen LogP contribution in [0.25, 0.3) is 0 Å². The summed E-state index contributed by atoms with van der Waals surface area (Å²) in [6, 6.07) is 5.82. The summed E-state index contributed by atoms with van der Waals surface area (Å²) in [6.45, 7) is 0.408. The Morgan fingerprint density at radius 3 is 2.84 bits per heavy atom. The highest BCUT2D eigenvalue weighted by Gasteiger charge is 2.13. The van der Waals surface area contributed by atoms with E-state index in [-0.39, 0.29) is 30.7 Å². The number of methoxy groups -OCH3 is 1. The van der Waals surface area contributed by atoms with E-state index in [4.69, 9.17) is 9.26 Å². The molecule has 0 spiro atoms. The molecule has 2 rings (SSSR count). The monoisotopic (exact) mass is 265 g/mol. The van der Waals surface area contributed by atoms with Crippen molar-refractivity contribution < 1.29 is 18.4 Å². The Kier molecular flexibility index (Phi) is 4.19. The van der Waals surface area contributed by atoms with Gasteiger partial charge in [-0.15, -0.1) is 0 Å². The zero-order valence-electron chi connectivity index (χ0n) is 10.2. The van der Waals surface area contributed by atoms with Gasteiger partial charge >= 0.3 is 0 Å². The predicted octanol–water partition coefficient (Wildman–Crippen LogP) is 1.29. The number of hydrogen-bond donors (Lipinski definition) is 1. The summed E-state index contributed by atoms with van der Waals surface area (Å²) in [5, 5.41) is 6.13. The van der Waals surface area contributed by atoms with Gasteiger partial charge < -0.3 is 14.6 Å². The fourth-order valence-electron chi connectivity index (χ4n) is 1.39. The highest BCUT2D eigenvalue weighted by Crippen LogP contribution is 2.03. The van der Waals surface area contributed by atoms with E-state index in [1.54, 1.807) is 12.1 Å². The van der Waals surface area contributed by atoms with Gasteiger partial charge in [0, 0.05) is 13.7 Å². The van der Waals surface area contributed by atoms with E-state index >= 15 is 0 Å². The Bertz CT molecular complexity index is 554. The average Bonchev–Trinajstić information content (AvgIpc) is 2.87. The first kappa shape index (κ1) is 13.2. The van der Waals surface area contributed by atoms with Crippen molar-refractivity contribution in [2.24, 2.45) is 0 Å². The molecule has 0 bridgehead atoms. The van der Waals surface area contributed by atoms with Crippen LogP contribution in [0.1, 0.15) is 22.1 Å². The normalized spacial score (nSPS) is 10.4. The van der Waals surface area contributed by atoms with Gasteiger partial charge in [0.1, 0.15) is 12.4 Å². The lowest BCUT2D eigenvalue weighted by atomic mass is 10.2. The lowest BCUT2D eigenvalue weighted by molar-refractivity contribution is 0.0937. The summed E-state index contributed by atoms with van der Waals surface area (Å²) in [7, 11) is 1.48. The van der Waals surface area contributed by atoms with E-state index < -0.39 is 5.91 Å². The molecule has 0 unspecified atom stereocenters. The van der Waals surface area contributed by atoms with Crippen LogP contribution >= 0.6 is 0 Å². The first-order valence-electron chi connectivity index (χ1n) is 5.53. The van der Waals surface area contributed by atoms with Gasteiger partial charge in [-0.1, -0.05) is 17.3 Å². The molecule has 2 aromatic rings. The maximum atomic E-state index is 12.7. The third-order valence-corrected chi connectivity index (χ3v) is 2.31. The number of halogens is 1. The van der Waals surface area contributed by atoms with Crippen molar-refractivity contribution in [2.45, 2.75) is 13.2 Å². The number of ether oxygens (including phenoxy) is 1. The molecular weight excluding hydrogens is 253 g/mol. The van der Waals surface area contributed by atoms with Crippen LogP contribution in [-0.2, 0) is 17.9 Å². The molecule has 0 aliphatic heterocycles. The summed E-state index contributed by atoms with van der Waals surface area (Å²) in [4.78, 5) is 15.5. The van der Waals surface area contributed by atoms with Crippen LogP contribution in [-0.4, -0.2) is 23.2 Å². The molecule has 1 aromatic carbocycles. The number of benzene rings is 1. The van der Waals surface area contributed by atoms with Crippen molar-refractivity contribution in [3.63, 3.8) is 0 Å². The van der Waals surface area contributed by atoms with Crippen molar-refractivity contribution in [1.82, 2.24) is 15.5 Å². The Morgan fingerprint density at radius 2 is 2.16 bits per heavy atom. The lowest BCUT2D eigenvalue weighted by Crippen LogP contribution is -2.24. The molecule has 0 atom stereocenters. The molecule has 0 saturated heterocycles. The van der Waals surface area contributed by atoms with Crippen molar-refractivity contribution in [1.29, 1.82) is 0 Å². The molecule has 1 N–H and O–H groups in total. The topological polar surface area (TPSA) is 77.2 Å². The number of nitrogens with zero attached hydrogens (tertiary/aromatic N) is 2. The average molecular weight is 265 g/mol. The highest BCUT2D eigenvalue weighted by molar-refractivity contribution is 5.90. The third-order valence-electron chi connectivity index (χ3n) is 2.31. The number of amides is 1. The SMILES string of the molecule is COCc1nc(C(=O)NCc2ccc(F)cc2)no1. The molecule has 1 heterocycles. The summed E-state index contributed by atoms with van der Waals surface area (Å²) >= 11 is 0. The van der Waals surface area contributed by atoms with Gasteiger partial charge in [0.05, 0.1) is 0 Å². The fraction of sp³-hybridized carbons (Fsp3) is 0.250. The molecule has 0 aliphatic rings. The second-order valence-electron chi connectivity index (χ2n) is 3.75. The molecule has 0 saturated carbocycles. The maximum Gasteiger partial charge on any atom is 0.292 e. The van der Waals surface area contributed by atoms with E-state index in [1.807, 2.05) is 0 Å². The van der Waals surface area contributed by atoms with Crippen LogP contribution in [0.2, 0.25) is 0 Å². The largest absolute Gasteiger partial charge is 0.375 e. The minimum absolute atomic E-state index is 0.0610. The first-order chi connectivity index (χ1) is 9.19. The van der Waals surface area contributed by atoms with Gasteiger partial charge in [-0.3, -0.25) is 4.79 Å². The second kappa shape index (κ2) is 6.05. The van der Waals surface area contributed by atoms with Gasteiger partial charge in [-0.25, -0.2) is 4.39 Å². The van der Waals surface area contributed by atoms with Crippen LogP contribution in [0.4, 0.5) is 4.39 Å². The smallest absolute Gasteiger partial charge is 0.292 e. The van der Waals surface area contributed by atoms with Crippen molar-refractivity contribution in [3.8, 4) is 0 Å². The zero-order chi connectivity index (χ0) is 13.7. The molecule has 0 fully saturated rings. The van der Waals surface area contributed by atoms with Gasteiger partial charge in [-0.2, -0.15) is 4.98 Å². The van der Waals surface area contributed by atoms with Crippen LogP contribution < -0.4 is 5.32 Å². The number of carbonyl (C=O) groups is 1. The minimum atomic E-state index is -0.463. The quantitative estimate of drug-likeness (QED) is 0.881. The summed E-state index contributed by atoms with van der Waals surface area (Å²) in [6.07, 6.45) is 0. The van der Waals surface area contributed by atoms with Gasteiger partial charge in [0.25, 0.3) is 17.6 Å². The first-order valence-corrected chi connectivity index (χ1v) is 5.53. The number of nitrogens with one attached hydrogen (secondary N) is 1. The number of aromatic nitrogens is 2. The minimum Gasteiger partial charge on any atom is -0.375 e. The molecule has 6 nitrogen and oxygen atoms in total. The second-order valence-corrected chi connectivity index (χ2v) is 3.75. The summed E-state index contributed by atoms with van der Waals surface area (Å²) in [5.41, 5.74) is 0.773. The molecule has 7 heteroatoms. The molecule has 1 amide bonds. The van der Waals surface area contributed by atoms with E-state index in [0.717, 1.165) is 5.56 Å². The lowest BCUT2D eigenvalue weighted by Gasteiger charge is -2.02. The number of rotatable bonds is 5. The molecule has 19 heavy (non-hydrogen) atoms. The summed E-state index contributed by atoms with van der Waals surface area (Å²) < 4.78 is 22.3. The van der Waals surface area contributed by atoms with Gasteiger partial charge in [0.2, 0.25) is 0 Å². The third kappa shape index (κ3) is 3.59. The van der Waals surface area contributed by atoms with Crippen LogP contribution in [0.5, 0.6) is 0 Å². The molecule has 1 aromatic heterocycles. The van der Waals surface area contributed by atoms with Crippen LogP contribution in [0.3, 0.4) is 0 Å².